The van der Waals surface area contributed by atoms with Gasteiger partial charge in [-0.05, 0) is 56.7 Å². The average Bonchev–Trinajstić information content (AvgIpc) is 3.01. The zero-order valence-corrected chi connectivity index (χ0v) is 13.0. The van der Waals surface area contributed by atoms with Crippen molar-refractivity contribution < 1.29 is 0 Å². The summed E-state index contributed by atoms with van der Waals surface area (Å²) in [5, 5.41) is 8.60. The van der Waals surface area contributed by atoms with Crippen LogP contribution < -0.4 is 10.6 Å². The summed E-state index contributed by atoms with van der Waals surface area (Å²) in [5.74, 6) is 2.30. The highest BCUT2D eigenvalue weighted by Crippen LogP contribution is 2.31. The molecule has 0 aromatic rings. The molecular formula is C16H30N2S. The minimum Gasteiger partial charge on any atom is -0.314 e. The number of nitrogens with one attached hydrogen (secondary N) is 2. The second kappa shape index (κ2) is 7.33. The van der Waals surface area contributed by atoms with Crippen molar-refractivity contribution in [3.05, 3.63) is 0 Å². The maximum atomic E-state index is 3.96. The van der Waals surface area contributed by atoms with Gasteiger partial charge in [0.05, 0.1) is 0 Å². The lowest BCUT2D eigenvalue weighted by atomic mass is 9.79. The first-order valence-corrected chi connectivity index (χ1v) is 9.57. The van der Waals surface area contributed by atoms with Crippen LogP contribution in [0.4, 0.5) is 0 Å². The molecule has 2 heterocycles. The Kier molecular flexibility index (Phi) is 5.48. The van der Waals surface area contributed by atoms with Gasteiger partial charge in [-0.15, -0.1) is 0 Å². The summed E-state index contributed by atoms with van der Waals surface area (Å²) in [6.45, 7) is 2.52. The first-order valence-electron chi connectivity index (χ1n) is 8.52. The van der Waals surface area contributed by atoms with Crippen molar-refractivity contribution in [1.29, 1.82) is 0 Å². The summed E-state index contributed by atoms with van der Waals surface area (Å²) >= 11 is 2.21. The van der Waals surface area contributed by atoms with Gasteiger partial charge in [0.25, 0.3) is 0 Å². The van der Waals surface area contributed by atoms with Gasteiger partial charge in [-0.1, -0.05) is 19.3 Å². The molecule has 3 fully saturated rings. The molecule has 0 radical (unpaired) electrons. The Morgan fingerprint density at radius 1 is 0.947 bits per heavy atom. The molecule has 19 heavy (non-hydrogen) atoms. The highest BCUT2D eigenvalue weighted by atomic mass is 32.2. The molecule has 3 rings (SSSR count). The van der Waals surface area contributed by atoms with Crippen LogP contribution in [0, 0.1) is 5.92 Å². The maximum Gasteiger partial charge on any atom is 0.0172 e. The molecule has 4 atom stereocenters. The fourth-order valence-electron chi connectivity index (χ4n) is 4.22. The average molecular weight is 282 g/mol. The second-order valence-electron chi connectivity index (χ2n) is 6.65. The van der Waals surface area contributed by atoms with Gasteiger partial charge in [0, 0.05) is 23.9 Å². The Morgan fingerprint density at radius 2 is 1.84 bits per heavy atom. The number of hydrogen-bond acceptors (Lipinski definition) is 3. The normalized spacial score (nSPS) is 40.4. The molecular weight excluding hydrogens is 252 g/mol. The standard InChI is InChI=1S/C16H30N2S/c1-2-8-16(14(7-1)15-9-5-10-17-15)18-12-13-6-3-4-11-19-13/h13-18H,1-12H2. The van der Waals surface area contributed by atoms with Crippen LogP contribution in [-0.4, -0.2) is 36.2 Å². The van der Waals surface area contributed by atoms with Crippen LogP contribution in [0.3, 0.4) is 0 Å². The SMILES string of the molecule is C1CCC(CNC2CCCCC2C2CCCN2)SC1. The molecule has 0 aromatic carbocycles. The van der Waals surface area contributed by atoms with Gasteiger partial charge in [0.2, 0.25) is 0 Å². The quantitative estimate of drug-likeness (QED) is 0.828. The molecule has 4 unspecified atom stereocenters. The zero-order valence-electron chi connectivity index (χ0n) is 12.2. The Bertz CT molecular complexity index is 259. The van der Waals surface area contributed by atoms with Crippen molar-refractivity contribution in [2.45, 2.75) is 75.1 Å². The summed E-state index contributed by atoms with van der Waals surface area (Å²) in [7, 11) is 0. The van der Waals surface area contributed by atoms with E-state index in [1.807, 2.05) is 0 Å². The first kappa shape index (κ1) is 14.2. The molecule has 3 aliphatic rings. The summed E-state index contributed by atoms with van der Waals surface area (Å²) < 4.78 is 0. The third kappa shape index (κ3) is 3.89. The van der Waals surface area contributed by atoms with Gasteiger partial charge < -0.3 is 10.6 Å². The van der Waals surface area contributed by atoms with Crippen LogP contribution in [0.5, 0.6) is 0 Å². The van der Waals surface area contributed by atoms with Gasteiger partial charge in [-0.3, -0.25) is 0 Å². The molecule has 3 heteroatoms. The zero-order chi connectivity index (χ0) is 12.9. The summed E-state index contributed by atoms with van der Waals surface area (Å²) in [5.41, 5.74) is 0. The first-order chi connectivity index (χ1) is 9.43. The predicted molar refractivity (Wildman–Crippen MR) is 84.9 cm³/mol. The van der Waals surface area contributed by atoms with Crippen molar-refractivity contribution in [3.63, 3.8) is 0 Å². The number of rotatable bonds is 4. The van der Waals surface area contributed by atoms with Gasteiger partial charge >= 0.3 is 0 Å². The fourth-order valence-corrected chi connectivity index (χ4v) is 5.47. The van der Waals surface area contributed by atoms with E-state index in [9.17, 15) is 0 Å². The van der Waals surface area contributed by atoms with Crippen molar-refractivity contribution in [2.24, 2.45) is 5.92 Å². The van der Waals surface area contributed by atoms with Crippen molar-refractivity contribution in [1.82, 2.24) is 10.6 Å². The van der Waals surface area contributed by atoms with Crippen molar-refractivity contribution in [2.75, 3.05) is 18.8 Å². The van der Waals surface area contributed by atoms with E-state index < -0.39 is 0 Å². The van der Waals surface area contributed by atoms with E-state index in [0.717, 1.165) is 23.3 Å². The van der Waals surface area contributed by atoms with Crippen molar-refractivity contribution in [3.8, 4) is 0 Å². The molecule has 0 bridgehead atoms. The molecule has 1 saturated carbocycles. The van der Waals surface area contributed by atoms with Gasteiger partial charge in [-0.2, -0.15) is 11.8 Å². The lowest BCUT2D eigenvalue weighted by molar-refractivity contribution is 0.215. The predicted octanol–water partition coefficient (Wildman–Crippen LogP) is 3.17. The van der Waals surface area contributed by atoms with Crippen LogP contribution in [-0.2, 0) is 0 Å². The van der Waals surface area contributed by atoms with E-state index in [1.165, 1.54) is 76.6 Å². The van der Waals surface area contributed by atoms with Gasteiger partial charge in [0.15, 0.2) is 0 Å². The lowest BCUT2D eigenvalue weighted by Gasteiger charge is -2.37. The topological polar surface area (TPSA) is 24.1 Å². The third-order valence-electron chi connectivity index (χ3n) is 5.32. The molecule has 1 aliphatic carbocycles. The molecule has 0 spiro atoms. The van der Waals surface area contributed by atoms with Crippen LogP contribution in [0.1, 0.15) is 57.8 Å². The van der Waals surface area contributed by atoms with Crippen LogP contribution >= 0.6 is 11.8 Å². The third-order valence-corrected chi connectivity index (χ3v) is 6.71. The highest BCUT2D eigenvalue weighted by molar-refractivity contribution is 7.99. The molecule has 0 amide bonds. The lowest BCUT2D eigenvalue weighted by Crippen LogP contribution is -2.48. The molecule has 110 valence electrons. The van der Waals surface area contributed by atoms with Crippen LogP contribution in [0.25, 0.3) is 0 Å². The largest absolute Gasteiger partial charge is 0.314 e. The molecule has 2 aliphatic heterocycles. The molecule has 2 nitrogen and oxygen atoms in total. The van der Waals surface area contributed by atoms with E-state index in [-0.39, 0.29) is 0 Å². The van der Waals surface area contributed by atoms with Gasteiger partial charge in [-0.25, -0.2) is 0 Å². The van der Waals surface area contributed by atoms with E-state index in [4.69, 9.17) is 0 Å². The summed E-state index contributed by atoms with van der Waals surface area (Å²) in [6, 6.07) is 1.61. The highest BCUT2D eigenvalue weighted by Gasteiger charge is 2.33. The monoisotopic (exact) mass is 282 g/mol. The maximum absolute atomic E-state index is 3.96. The molecule has 2 N–H and O–H groups in total. The Balaban J connectivity index is 1.48. The fraction of sp³-hybridized carbons (Fsp3) is 1.00. The molecule has 2 saturated heterocycles. The van der Waals surface area contributed by atoms with Gasteiger partial charge in [0.1, 0.15) is 0 Å². The smallest absolute Gasteiger partial charge is 0.0172 e. The van der Waals surface area contributed by atoms with Crippen LogP contribution in [0.2, 0.25) is 0 Å². The van der Waals surface area contributed by atoms with E-state index >= 15 is 0 Å². The minimum absolute atomic E-state index is 0.798. The van der Waals surface area contributed by atoms with Crippen LogP contribution in [0.15, 0.2) is 0 Å². The Hall–Kier alpha value is 0.270. The summed E-state index contributed by atoms with van der Waals surface area (Å²) in [4.78, 5) is 0. The van der Waals surface area contributed by atoms with E-state index in [2.05, 4.69) is 22.4 Å². The number of hydrogen-bond donors (Lipinski definition) is 2. The Labute approximate surface area is 122 Å². The number of thioether (sulfide) groups is 1. The van der Waals surface area contributed by atoms with E-state index in [0.29, 0.717) is 0 Å². The summed E-state index contributed by atoms with van der Waals surface area (Å²) in [6.07, 6.45) is 12.9. The van der Waals surface area contributed by atoms with E-state index in [1.54, 1.807) is 0 Å². The second-order valence-corrected chi connectivity index (χ2v) is 8.06. The van der Waals surface area contributed by atoms with Crippen molar-refractivity contribution >= 4 is 11.8 Å². The minimum atomic E-state index is 0.798. The molecule has 0 aromatic heterocycles. The Morgan fingerprint density at radius 3 is 2.63 bits per heavy atom.